The highest BCUT2D eigenvalue weighted by molar-refractivity contribution is 6.04. The summed E-state index contributed by atoms with van der Waals surface area (Å²) in [6.07, 6.45) is 0.0401. The van der Waals surface area contributed by atoms with Gasteiger partial charge in [-0.2, -0.15) is 0 Å². The normalized spacial score (nSPS) is 15.4. The molecule has 2 aromatic carbocycles. The standard InChI is InChI=1S/C22H22N2O7/c1-29-18-6-4-17(5-7-18)24-12-15(11-19(24)25)20(26)23-16-9-13(21(27)30-2)8-14(10-16)22(28)31-3/h4-10,15H,11-12H2,1-3H3,(H,23,26). The molecule has 1 aliphatic heterocycles. The van der Waals surface area contributed by atoms with Crippen molar-refractivity contribution in [2.75, 3.05) is 38.1 Å². The average molecular weight is 426 g/mol. The molecule has 2 aromatic rings. The Morgan fingerprint density at radius 1 is 0.935 bits per heavy atom. The molecule has 31 heavy (non-hydrogen) atoms. The molecule has 2 amide bonds. The molecule has 0 spiro atoms. The maximum Gasteiger partial charge on any atom is 0.337 e. The van der Waals surface area contributed by atoms with Crippen molar-refractivity contribution >= 4 is 35.1 Å². The van der Waals surface area contributed by atoms with Crippen molar-refractivity contribution in [1.82, 2.24) is 0 Å². The fraction of sp³-hybridized carbons (Fsp3) is 0.273. The number of amides is 2. The van der Waals surface area contributed by atoms with Crippen LogP contribution < -0.4 is 15.0 Å². The molecule has 0 radical (unpaired) electrons. The number of nitrogens with one attached hydrogen (secondary N) is 1. The Morgan fingerprint density at radius 2 is 1.52 bits per heavy atom. The quantitative estimate of drug-likeness (QED) is 0.705. The van der Waals surface area contributed by atoms with Crippen molar-refractivity contribution in [2.24, 2.45) is 5.92 Å². The van der Waals surface area contributed by atoms with Gasteiger partial charge in [0.25, 0.3) is 0 Å². The minimum absolute atomic E-state index is 0.0401. The van der Waals surface area contributed by atoms with Crippen LogP contribution in [-0.4, -0.2) is 51.6 Å². The largest absolute Gasteiger partial charge is 0.497 e. The number of nitrogens with zero attached hydrogens (tertiary/aromatic N) is 1. The molecular formula is C22H22N2O7. The number of carbonyl (C=O) groups excluding carboxylic acids is 4. The van der Waals surface area contributed by atoms with Gasteiger partial charge >= 0.3 is 11.9 Å². The van der Waals surface area contributed by atoms with E-state index in [9.17, 15) is 19.2 Å². The fourth-order valence-corrected chi connectivity index (χ4v) is 3.31. The molecule has 0 bridgehead atoms. The summed E-state index contributed by atoms with van der Waals surface area (Å²) in [6.45, 7) is 0.206. The molecule has 9 nitrogen and oxygen atoms in total. The topological polar surface area (TPSA) is 111 Å². The first-order chi connectivity index (χ1) is 14.9. The minimum atomic E-state index is -0.664. The molecule has 1 N–H and O–H groups in total. The number of carbonyl (C=O) groups is 4. The molecule has 0 aromatic heterocycles. The lowest BCUT2D eigenvalue weighted by atomic mass is 10.1. The molecule has 162 valence electrons. The van der Waals surface area contributed by atoms with Crippen molar-refractivity contribution in [2.45, 2.75) is 6.42 Å². The number of anilines is 2. The number of hydrogen-bond donors (Lipinski definition) is 1. The Labute approximate surface area is 178 Å². The smallest absolute Gasteiger partial charge is 0.337 e. The zero-order valence-corrected chi connectivity index (χ0v) is 17.3. The highest BCUT2D eigenvalue weighted by Gasteiger charge is 2.35. The van der Waals surface area contributed by atoms with E-state index in [-0.39, 0.29) is 35.7 Å². The molecular weight excluding hydrogens is 404 g/mol. The van der Waals surface area contributed by atoms with Crippen LogP contribution >= 0.6 is 0 Å². The Bertz CT molecular complexity index is 983. The minimum Gasteiger partial charge on any atom is -0.497 e. The average Bonchev–Trinajstić information content (AvgIpc) is 3.19. The van der Waals surface area contributed by atoms with E-state index in [4.69, 9.17) is 14.2 Å². The summed E-state index contributed by atoms with van der Waals surface area (Å²) in [6, 6.07) is 11.1. The third kappa shape index (κ3) is 4.82. The van der Waals surface area contributed by atoms with Crippen LogP contribution in [-0.2, 0) is 19.1 Å². The lowest BCUT2D eigenvalue weighted by molar-refractivity contribution is -0.122. The summed E-state index contributed by atoms with van der Waals surface area (Å²) in [5.41, 5.74) is 1.07. The summed E-state index contributed by atoms with van der Waals surface area (Å²) in [4.78, 5) is 50.6. The van der Waals surface area contributed by atoms with Crippen LogP contribution in [0.1, 0.15) is 27.1 Å². The molecule has 9 heteroatoms. The van der Waals surface area contributed by atoms with Crippen molar-refractivity contribution in [3.05, 3.63) is 53.6 Å². The van der Waals surface area contributed by atoms with Gasteiger partial charge in [0, 0.05) is 24.3 Å². The van der Waals surface area contributed by atoms with E-state index in [0.29, 0.717) is 11.4 Å². The second-order valence-corrected chi connectivity index (χ2v) is 6.87. The van der Waals surface area contributed by atoms with Crippen LogP contribution in [0.2, 0.25) is 0 Å². The fourth-order valence-electron chi connectivity index (χ4n) is 3.31. The molecule has 3 rings (SSSR count). The van der Waals surface area contributed by atoms with Gasteiger partial charge in [-0.1, -0.05) is 0 Å². The Kier molecular flexibility index (Phi) is 6.54. The molecule has 1 saturated heterocycles. The van der Waals surface area contributed by atoms with E-state index in [1.54, 1.807) is 31.4 Å². The molecule has 1 fully saturated rings. The predicted octanol–water partition coefficient (Wildman–Crippen LogP) is 2.26. The van der Waals surface area contributed by atoms with Gasteiger partial charge in [0.15, 0.2) is 0 Å². The summed E-state index contributed by atoms with van der Waals surface area (Å²) < 4.78 is 14.5. The predicted molar refractivity (Wildman–Crippen MR) is 111 cm³/mol. The van der Waals surface area contributed by atoms with Crippen LogP contribution in [0.3, 0.4) is 0 Å². The highest BCUT2D eigenvalue weighted by atomic mass is 16.5. The number of rotatable bonds is 6. The van der Waals surface area contributed by atoms with E-state index in [1.165, 1.54) is 37.3 Å². The third-order valence-corrected chi connectivity index (χ3v) is 4.92. The van der Waals surface area contributed by atoms with Gasteiger partial charge in [-0.25, -0.2) is 9.59 Å². The van der Waals surface area contributed by atoms with Crippen molar-refractivity contribution < 1.29 is 33.4 Å². The SMILES string of the molecule is COC(=O)c1cc(NC(=O)C2CC(=O)N(c3ccc(OC)cc3)C2)cc(C(=O)OC)c1. The van der Waals surface area contributed by atoms with Gasteiger partial charge < -0.3 is 24.4 Å². The number of ether oxygens (including phenoxy) is 3. The first kappa shape index (κ1) is 21.8. The van der Waals surface area contributed by atoms with E-state index in [1.807, 2.05) is 0 Å². The van der Waals surface area contributed by atoms with Crippen LogP contribution in [0.4, 0.5) is 11.4 Å². The Hall–Kier alpha value is -3.88. The van der Waals surface area contributed by atoms with E-state index < -0.39 is 23.8 Å². The summed E-state index contributed by atoms with van der Waals surface area (Å²) in [7, 11) is 3.98. The molecule has 1 aliphatic rings. The summed E-state index contributed by atoms with van der Waals surface area (Å²) in [5, 5.41) is 2.68. The van der Waals surface area contributed by atoms with Gasteiger partial charge in [-0.15, -0.1) is 0 Å². The molecule has 0 saturated carbocycles. The van der Waals surface area contributed by atoms with Crippen LogP contribution in [0.25, 0.3) is 0 Å². The van der Waals surface area contributed by atoms with Gasteiger partial charge in [0.05, 0.1) is 38.4 Å². The molecule has 0 aliphatic carbocycles. The van der Waals surface area contributed by atoms with Crippen LogP contribution in [0.15, 0.2) is 42.5 Å². The number of esters is 2. The number of methoxy groups -OCH3 is 3. The first-order valence-corrected chi connectivity index (χ1v) is 9.43. The molecule has 1 atom stereocenters. The van der Waals surface area contributed by atoms with Gasteiger partial charge in [0.1, 0.15) is 5.75 Å². The first-order valence-electron chi connectivity index (χ1n) is 9.43. The van der Waals surface area contributed by atoms with Crippen molar-refractivity contribution in [1.29, 1.82) is 0 Å². The van der Waals surface area contributed by atoms with Gasteiger partial charge in [-0.05, 0) is 42.5 Å². The zero-order valence-electron chi connectivity index (χ0n) is 17.3. The second kappa shape index (κ2) is 9.29. The lowest BCUT2D eigenvalue weighted by Gasteiger charge is -2.17. The monoisotopic (exact) mass is 426 g/mol. The number of benzene rings is 2. The van der Waals surface area contributed by atoms with E-state index in [2.05, 4.69) is 5.32 Å². The summed E-state index contributed by atoms with van der Waals surface area (Å²) >= 11 is 0. The van der Waals surface area contributed by atoms with E-state index in [0.717, 1.165) is 0 Å². The number of hydrogen-bond acceptors (Lipinski definition) is 7. The van der Waals surface area contributed by atoms with Gasteiger partial charge in [-0.3, -0.25) is 9.59 Å². The molecule has 1 unspecified atom stereocenters. The lowest BCUT2D eigenvalue weighted by Crippen LogP contribution is -2.28. The highest BCUT2D eigenvalue weighted by Crippen LogP contribution is 2.28. The molecule has 1 heterocycles. The Balaban J connectivity index is 1.77. The summed E-state index contributed by atoms with van der Waals surface area (Å²) in [5.74, 6) is -1.84. The van der Waals surface area contributed by atoms with Crippen molar-refractivity contribution in [3.63, 3.8) is 0 Å². The van der Waals surface area contributed by atoms with E-state index >= 15 is 0 Å². The maximum atomic E-state index is 12.8. The van der Waals surface area contributed by atoms with Crippen LogP contribution in [0.5, 0.6) is 5.75 Å². The second-order valence-electron chi connectivity index (χ2n) is 6.87. The maximum absolute atomic E-state index is 12.8. The van der Waals surface area contributed by atoms with Gasteiger partial charge in [0.2, 0.25) is 11.8 Å². The van der Waals surface area contributed by atoms with Crippen molar-refractivity contribution in [3.8, 4) is 5.75 Å². The third-order valence-electron chi connectivity index (χ3n) is 4.92. The van der Waals surface area contributed by atoms with Crippen LogP contribution in [0, 0.1) is 5.92 Å². The zero-order chi connectivity index (χ0) is 22.5. The Morgan fingerprint density at radius 3 is 2.03 bits per heavy atom.